The van der Waals surface area contributed by atoms with Gasteiger partial charge in [0, 0.05) is 22.3 Å². The molecule has 8 nitrogen and oxygen atoms in total. The Hall–Kier alpha value is -3.43. The van der Waals surface area contributed by atoms with E-state index >= 15 is 0 Å². The van der Waals surface area contributed by atoms with Gasteiger partial charge in [-0.1, -0.05) is 22.0 Å². The summed E-state index contributed by atoms with van der Waals surface area (Å²) in [4.78, 5) is 23.0. The molecule has 1 N–H and O–H groups in total. The first-order chi connectivity index (χ1) is 16.8. The number of nitro benzene ring substituents is 1. The predicted molar refractivity (Wildman–Crippen MR) is 144 cm³/mol. The molecule has 0 saturated heterocycles. The SMILES string of the molecule is CCOc1cc(/C=C(/C#N)C(=O)Nc2cccc(Br)c2)cc(I)c1OCc1ccc([N+](=O)[O-])cc1. The molecule has 0 aliphatic heterocycles. The maximum Gasteiger partial charge on any atom is 0.269 e. The van der Waals surface area contributed by atoms with Crippen molar-refractivity contribution in [1.82, 2.24) is 0 Å². The third kappa shape index (κ3) is 7.27. The van der Waals surface area contributed by atoms with Gasteiger partial charge in [-0.15, -0.1) is 0 Å². The summed E-state index contributed by atoms with van der Waals surface area (Å²) in [5, 5.41) is 23.1. The van der Waals surface area contributed by atoms with E-state index in [2.05, 4.69) is 43.8 Å². The number of amides is 1. The Kier molecular flexibility index (Phi) is 9.22. The van der Waals surface area contributed by atoms with Crippen LogP contribution in [0.25, 0.3) is 6.08 Å². The zero-order chi connectivity index (χ0) is 25.4. The van der Waals surface area contributed by atoms with E-state index in [1.807, 2.05) is 19.1 Å². The second-order valence-corrected chi connectivity index (χ2v) is 9.19. The Bertz CT molecular complexity index is 1320. The minimum atomic E-state index is -0.530. The first-order valence-corrected chi connectivity index (χ1v) is 12.2. The number of carbonyl (C=O) groups excluding carboxylic acids is 1. The number of rotatable bonds is 9. The number of non-ortho nitro benzene ring substituents is 1. The van der Waals surface area contributed by atoms with E-state index in [-0.39, 0.29) is 17.9 Å². The van der Waals surface area contributed by atoms with E-state index in [1.54, 1.807) is 42.5 Å². The van der Waals surface area contributed by atoms with Gasteiger partial charge in [-0.3, -0.25) is 14.9 Å². The summed E-state index contributed by atoms with van der Waals surface area (Å²) in [5.74, 6) is 0.425. The van der Waals surface area contributed by atoms with Gasteiger partial charge in [-0.25, -0.2) is 0 Å². The summed E-state index contributed by atoms with van der Waals surface area (Å²) in [5.41, 5.74) is 1.86. The molecule has 0 aliphatic rings. The maximum absolute atomic E-state index is 12.6. The molecule has 0 heterocycles. The number of hydrogen-bond acceptors (Lipinski definition) is 6. The normalized spacial score (nSPS) is 10.9. The molecule has 0 atom stereocenters. The van der Waals surface area contributed by atoms with Crippen LogP contribution in [-0.2, 0) is 11.4 Å². The van der Waals surface area contributed by atoms with Crippen LogP contribution in [0.5, 0.6) is 11.5 Å². The number of nitrogens with zero attached hydrogens (tertiary/aromatic N) is 2. The minimum Gasteiger partial charge on any atom is -0.490 e. The van der Waals surface area contributed by atoms with Crippen molar-refractivity contribution in [1.29, 1.82) is 5.26 Å². The Morgan fingerprint density at radius 2 is 1.94 bits per heavy atom. The van der Waals surface area contributed by atoms with Crippen LogP contribution in [0, 0.1) is 25.0 Å². The van der Waals surface area contributed by atoms with Crippen LogP contribution in [-0.4, -0.2) is 17.4 Å². The van der Waals surface area contributed by atoms with Crippen molar-refractivity contribution in [2.24, 2.45) is 0 Å². The van der Waals surface area contributed by atoms with Crippen LogP contribution >= 0.6 is 38.5 Å². The number of nitrogens with one attached hydrogen (secondary N) is 1. The number of hydrogen-bond donors (Lipinski definition) is 1. The molecule has 0 spiro atoms. The lowest BCUT2D eigenvalue weighted by Gasteiger charge is -2.15. The molecule has 0 radical (unpaired) electrons. The zero-order valence-electron chi connectivity index (χ0n) is 18.5. The van der Waals surface area contributed by atoms with Gasteiger partial charge in [-0.2, -0.15) is 5.26 Å². The number of nitro groups is 1. The number of ether oxygens (including phenoxy) is 2. The molecular weight excluding hydrogens is 629 g/mol. The van der Waals surface area contributed by atoms with Crippen LogP contribution in [0.1, 0.15) is 18.1 Å². The number of benzene rings is 3. The third-order valence-corrected chi connectivity index (χ3v) is 5.92. The zero-order valence-corrected chi connectivity index (χ0v) is 22.2. The lowest BCUT2D eigenvalue weighted by molar-refractivity contribution is -0.384. The molecule has 3 aromatic rings. The molecule has 178 valence electrons. The summed E-state index contributed by atoms with van der Waals surface area (Å²) in [6.07, 6.45) is 1.48. The summed E-state index contributed by atoms with van der Waals surface area (Å²) in [6, 6.07) is 18.6. The first kappa shape index (κ1) is 26.2. The molecule has 0 aliphatic carbocycles. The van der Waals surface area contributed by atoms with Crippen molar-refractivity contribution < 1.29 is 19.2 Å². The van der Waals surface area contributed by atoms with Crippen LogP contribution in [0.15, 0.2) is 70.7 Å². The molecule has 0 fully saturated rings. The molecule has 3 aromatic carbocycles. The van der Waals surface area contributed by atoms with Crippen molar-refractivity contribution in [3.05, 3.63) is 95.5 Å². The van der Waals surface area contributed by atoms with Crippen LogP contribution in [0.4, 0.5) is 11.4 Å². The second kappa shape index (κ2) is 12.3. The lowest BCUT2D eigenvalue weighted by Crippen LogP contribution is -2.13. The fourth-order valence-corrected chi connectivity index (χ4v) is 4.20. The molecule has 0 bridgehead atoms. The summed E-state index contributed by atoms with van der Waals surface area (Å²) in [7, 11) is 0. The van der Waals surface area contributed by atoms with Gasteiger partial charge in [0.1, 0.15) is 18.2 Å². The van der Waals surface area contributed by atoms with Crippen molar-refractivity contribution >= 4 is 61.9 Å². The second-order valence-electron chi connectivity index (χ2n) is 7.11. The number of anilines is 1. The van der Waals surface area contributed by atoms with E-state index in [0.29, 0.717) is 32.9 Å². The number of halogens is 2. The van der Waals surface area contributed by atoms with Crippen LogP contribution in [0.3, 0.4) is 0 Å². The molecule has 35 heavy (non-hydrogen) atoms. The topological polar surface area (TPSA) is 114 Å². The molecule has 3 rings (SSSR count). The largest absolute Gasteiger partial charge is 0.490 e. The number of nitriles is 1. The fourth-order valence-electron chi connectivity index (χ4n) is 3.02. The smallest absolute Gasteiger partial charge is 0.269 e. The van der Waals surface area contributed by atoms with Gasteiger partial charge >= 0.3 is 0 Å². The van der Waals surface area contributed by atoms with Gasteiger partial charge in [0.15, 0.2) is 11.5 Å². The van der Waals surface area contributed by atoms with Crippen LogP contribution < -0.4 is 14.8 Å². The molecule has 0 saturated carbocycles. The minimum absolute atomic E-state index is 0.00621. The lowest BCUT2D eigenvalue weighted by atomic mass is 10.1. The van der Waals surface area contributed by atoms with Gasteiger partial charge in [0.2, 0.25) is 0 Å². The molecule has 0 aromatic heterocycles. The highest BCUT2D eigenvalue weighted by atomic mass is 127. The predicted octanol–water partition coefficient (Wildman–Crippen LogP) is 6.49. The van der Waals surface area contributed by atoms with Crippen molar-refractivity contribution in [2.75, 3.05) is 11.9 Å². The maximum atomic E-state index is 12.6. The molecular formula is C25H19BrIN3O5. The van der Waals surface area contributed by atoms with E-state index in [1.165, 1.54) is 18.2 Å². The van der Waals surface area contributed by atoms with E-state index < -0.39 is 10.8 Å². The average molecular weight is 648 g/mol. The molecule has 10 heteroatoms. The average Bonchev–Trinajstić information content (AvgIpc) is 2.82. The Morgan fingerprint density at radius 3 is 2.57 bits per heavy atom. The summed E-state index contributed by atoms with van der Waals surface area (Å²) >= 11 is 5.44. The Balaban J connectivity index is 1.82. The van der Waals surface area contributed by atoms with Gasteiger partial charge < -0.3 is 14.8 Å². The molecule has 0 unspecified atom stereocenters. The molecule has 1 amide bonds. The monoisotopic (exact) mass is 647 g/mol. The van der Waals surface area contributed by atoms with Gasteiger partial charge in [0.25, 0.3) is 11.6 Å². The van der Waals surface area contributed by atoms with E-state index in [4.69, 9.17) is 9.47 Å². The van der Waals surface area contributed by atoms with Crippen molar-refractivity contribution in [2.45, 2.75) is 13.5 Å². The Labute approximate surface area is 224 Å². The van der Waals surface area contributed by atoms with Crippen molar-refractivity contribution in [3.63, 3.8) is 0 Å². The Morgan fingerprint density at radius 1 is 1.20 bits per heavy atom. The number of carbonyl (C=O) groups is 1. The third-order valence-electron chi connectivity index (χ3n) is 4.62. The summed E-state index contributed by atoms with van der Waals surface area (Å²) < 4.78 is 13.2. The standard InChI is InChI=1S/C25H19BrIN3O5/c1-2-34-23-12-17(10-18(14-28)25(31)29-20-5-3-4-19(26)13-20)11-22(27)24(23)35-15-16-6-8-21(9-7-16)30(32)33/h3-13H,2,15H2,1H3,(H,29,31)/b18-10-. The summed E-state index contributed by atoms with van der Waals surface area (Å²) in [6.45, 7) is 2.40. The van der Waals surface area contributed by atoms with Crippen molar-refractivity contribution in [3.8, 4) is 17.6 Å². The quantitative estimate of drug-likeness (QED) is 0.0934. The van der Waals surface area contributed by atoms with Crippen LogP contribution in [0.2, 0.25) is 0 Å². The first-order valence-electron chi connectivity index (χ1n) is 10.3. The van der Waals surface area contributed by atoms with Gasteiger partial charge in [-0.05, 0) is 89.2 Å². The highest BCUT2D eigenvalue weighted by Gasteiger charge is 2.15. The fraction of sp³-hybridized carbons (Fsp3) is 0.120. The van der Waals surface area contributed by atoms with Gasteiger partial charge in [0.05, 0.1) is 15.1 Å². The van der Waals surface area contributed by atoms with E-state index in [0.717, 1.165) is 10.0 Å². The van der Waals surface area contributed by atoms with E-state index in [9.17, 15) is 20.2 Å². The highest BCUT2D eigenvalue weighted by molar-refractivity contribution is 14.1. The highest BCUT2D eigenvalue weighted by Crippen LogP contribution is 2.35.